The quantitative estimate of drug-likeness (QED) is 0.846. The Balaban J connectivity index is 2.24. The monoisotopic (exact) mass is 260 g/mol. The lowest BCUT2D eigenvalue weighted by Gasteiger charge is -2.12. The van der Waals surface area contributed by atoms with E-state index in [0.717, 1.165) is 24.3 Å². The minimum atomic E-state index is -0.175. The van der Waals surface area contributed by atoms with Gasteiger partial charge in [-0.2, -0.15) is 0 Å². The largest absolute Gasteiger partial charge is 0.346 e. The molecule has 0 spiro atoms. The first kappa shape index (κ1) is 13.6. The van der Waals surface area contributed by atoms with Crippen LogP contribution in [0.4, 0.5) is 5.69 Å². The molecule has 3 N–H and O–H groups in total. The molecule has 0 saturated carbocycles. The third-order valence-corrected chi connectivity index (χ3v) is 3.03. The Kier molecular flexibility index (Phi) is 4.19. The first-order chi connectivity index (χ1) is 9.10. The van der Waals surface area contributed by atoms with E-state index in [9.17, 15) is 4.79 Å². The zero-order valence-electron chi connectivity index (χ0n) is 11.4. The van der Waals surface area contributed by atoms with Crippen molar-refractivity contribution in [2.45, 2.75) is 6.54 Å². The maximum Gasteiger partial charge on any atom is 0.238 e. The number of fused-ring (bicyclic) bond motifs is 1. The highest BCUT2D eigenvalue weighted by molar-refractivity contribution is 5.94. The SMILES string of the molecule is CN(C)CCn1ccc2ccc(NC(=O)CN)cc21. The van der Waals surface area contributed by atoms with Crippen LogP contribution >= 0.6 is 0 Å². The van der Waals surface area contributed by atoms with Crippen molar-refractivity contribution in [3.63, 3.8) is 0 Å². The van der Waals surface area contributed by atoms with Crippen molar-refractivity contribution in [3.8, 4) is 0 Å². The van der Waals surface area contributed by atoms with Crippen LogP contribution in [0.25, 0.3) is 10.9 Å². The summed E-state index contributed by atoms with van der Waals surface area (Å²) in [6, 6.07) is 7.97. The second-order valence-electron chi connectivity index (χ2n) is 4.84. The maximum atomic E-state index is 11.3. The highest BCUT2D eigenvalue weighted by Crippen LogP contribution is 2.20. The highest BCUT2D eigenvalue weighted by Gasteiger charge is 2.04. The minimum Gasteiger partial charge on any atom is -0.346 e. The molecule has 19 heavy (non-hydrogen) atoms. The molecule has 0 bridgehead atoms. The van der Waals surface area contributed by atoms with Gasteiger partial charge in [-0.3, -0.25) is 4.79 Å². The summed E-state index contributed by atoms with van der Waals surface area (Å²) < 4.78 is 2.19. The number of nitrogens with two attached hydrogens (primary N) is 1. The molecule has 0 aliphatic carbocycles. The summed E-state index contributed by atoms with van der Waals surface area (Å²) in [6.07, 6.45) is 2.07. The van der Waals surface area contributed by atoms with Crippen molar-refractivity contribution < 1.29 is 4.79 Å². The number of likely N-dealkylation sites (N-methyl/N-ethyl adjacent to an activating group) is 1. The molecule has 0 aliphatic rings. The van der Waals surface area contributed by atoms with Crippen LogP contribution in [0.1, 0.15) is 0 Å². The van der Waals surface area contributed by atoms with Gasteiger partial charge in [0.15, 0.2) is 0 Å². The van der Waals surface area contributed by atoms with Crippen LogP contribution in [0, 0.1) is 0 Å². The summed E-state index contributed by atoms with van der Waals surface area (Å²) in [7, 11) is 4.11. The third-order valence-electron chi connectivity index (χ3n) is 3.03. The van der Waals surface area contributed by atoms with Gasteiger partial charge in [0.2, 0.25) is 5.91 Å². The van der Waals surface area contributed by atoms with E-state index in [-0.39, 0.29) is 12.5 Å². The molecule has 5 nitrogen and oxygen atoms in total. The average Bonchev–Trinajstić information content (AvgIpc) is 2.78. The van der Waals surface area contributed by atoms with E-state index in [0.29, 0.717) is 0 Å². The van der Waals surface area contributed by atoms with E-state index in [1.54, 1.807) is 0 Å². The minimum absolute atomic E-state index is 0.000319. The van der Waals surface area contributed by atoms with E-state index in [4.69, 9.17) is 5.73 Å². The lowest BCUT2D eigenvalue weighted by Crippen LogP contribution is -2.21. The van der Waals surface area contributed by atoms with Gasteiger partial charge in [0.25, 0.3) is 0 Å². The number of carbonyl (C=O) groups excluding carboxylic acids is 1. The topological polar surface area (TPSA) is 63.3 Å². The van der Waals surface area contributed by atoms with Crippen LogP contribution in [0.5, 0.6) is 0 Å². The third kappa shape index (κ3) is 3.33. The van der Waals surface area contributed by atoms with Crippen LogP contribution in [0.2, 0.25) is 0 Å². The first-order valence-electron chi connectivity index (χ1n) is 6.33. The molecule has 0 saturated heterocycles. The molecule has 0 unspecified atom stereocenters. The molecule has 2 aromatic rings. The van der Waals surface area contributed by atoms with Crippen LogP contribution < -0.4 is 11.1 Å². The lowest BCUT2D eigenvalue weighted by atomic mass is 10.2. The van der Waals surface area contributed by atoms with Crippen LogP contribution in [-0.2, 0) is 11.3 Å². The fourth-order valence-electron chi connectivity index (χ4n) is 1.98. The van der Waals surface area contributed by atoms with E-state index in [2.05, 4.69) is 41.1 Å². The smallest absolute Gasteiger partial charge is 0.238 e. The number of rotatable bonds is 5. The van der Waals surface area contributed by atoms with Gasteiger partial charge < -0.3 is 20.5 Å². The molecule has 0 fully saturated rings. The van der Waals surface area contributed by atoms with Crippen molar-refractivity contribution in [1.82, 2.24) is 9.47 Å². The van der Waals surface area contributed by atoms with Crippen molar-refractivity contribution >= 4 is 22.5 Å². The summed E-state index contributed by atoms with van der Waals surface area (Å²) in [5.41, 5.74) is 7.21. The number of amides is 1. The first-order valence-corrected chi connectivity index (χ1v) is 6.33. The second-order valence-corrected chi connectivity index (χ2v) is 4.84. The molecular weight excluding hydrogens is 240 g/mol. The highest BCUT2D eigenvalue weighted by atomic mass is 16.1. The zero-order valence-corrected chi connectivity index (χ0v) is 11.4. The van der Waals surface area contributed by atoms with E-state index >= 15 is 0 Å². The van der Waals surface area contributed by atoms with E-state index < -0.39 is 0 Å². The van der Waals surface area contributed by atoms with Gasteiger partial charge in [-0.25, -0.2) is 0 Å². The predicted molar refractivity (Wildman–Crippen MR) is 78.2 cm³/mol. The number of nitrogens with zero attached hydrogens (tertiary/aromatic N) is 2. The Hall–Kier alpha value is -1.85. The van der Waals surface area contributed by atoms with Gasteiger partial charge >= 0.3 is 0 Å². The number of hydrogen-bond donors (Lipinski definition) is 2. The van der Waals surface area contributed by atoms with Crippen molar-refractivity contribution in [2.75, 3.05) is 32.5 Å². The molecular formula is C14H20N4O. The average molecular weight is 260 g/mol. The van der Waals surface area contributed by atoms with Crippen molar-refractivity contribution in [2.24, 2.45) is 5.73 Å². The zero-order chi connectivity index (χ0) is 13.8. The van der Waals surface area contributed by atoms with E-state index in [1.807, 2.05) is 18.2 Å². The van der Waals surface area contributed by atoms with Crippen molar-refractivity contribution in [1.29, 1.82) is 0 Å². The molecule has 0 radical (unpaired) electrons. The molecule has 1 aromatic carbocycles. The maximum absolute atomic E-state index is 11.3. The molecule has 0 aliphatic heterocycles. The lowest BCUT2D eigenvalue weighted by molar-refractivity contribution is -0.114. The Morgan fingerprint density at radius 3 is 2.84 bits per heavy atom. The molecule has 1 heterocycles. The van der Waals surface area contributed by atoms with Gasteiger partial charge in [-0.15, -0.1) is 0 Å². The number of aromatic nitrogens is 1. The van der Waals surface area contributed by atoms with Gasteiger partial charge in [0.1, 0.15) is 0 Å². The molecule has 1 aromatic heterocycles. The molecule has 2 rings (SSSR count). The Bertz CT molecular complexity index is 574. The summed E-state index contributed by atoms with van der Waals surface area (Å²) in [4.78, 5) is 13.5. The Labute approximate surface area is 113 Å². The normalized spacial score (nSPS) is 11.2. The molecule has 1 amide bonds. The van der Waals surface area contributed by atoms with Crippen LogP contribution in [0.15, 0.2) is 30.5 Å². The fourth-order valence-corrected chi connectivity index (χ4v) is 1.98. The molecule has 0 atom stereocenters. The number of hydrogen-bond acceptors (Lipinski definition) is 3. The van der Waals surface area contributed by atoms with Crippen LogP contribution in [-0.4, -0.2) is 42.6 Å². The summed E-state index contributed by atoms with van der Waals surface area (Å²) in [6.45, 7) is 1.90. The van der Waals surface area contributed by atoms with E-state index in [1.165, 1.54) is 5.39 Å². The predicted octanol–water partition coefficient (Wildman–Crippen LogP) is 1.10. The van der Waals surface area contributed by atoms with Crippen molar-refractivity contribution in [3.05, 3.63) is 30.5 Å². The number of benzene rings is 1. The Morgan fingerprint density at radius 2 is 2.16 bits per heavy atom. The number of nitrogens with one attached hydrogen (secondary N) is 1. The molecule has 5 heteroatoms. The Morgan fingerprint density at radius 1 is 1.37 bits per heavy atom. The van der Waals surface area contributed by atoms with Gasteiger partial charge in [-0.1, -0.05) is 6.07 Å². The standard InChI is InChI=1S/C14H20N4O/c1-17(2)7-8-18-6-5-11-3-4-12(9-13(11)18)16-14(19)10-15/h3-6,9H,7-8,10,15H2,1-2H3,(H,16,19). The fraction of sp³-hybridized carbons (Fsp3) is 0.357. The number of carbonyl (C=O) groups is 1. The second kappa shape index (κ2) is 5.86. The van der Waals surface area contributed by atoms with Gasteiger partial charge in [0, 0.05) is 25.0 Å². The molecule has 102 valence electrons. The summed E-state index contributed by atoms with van der Waals surface area (Å²) in [5.74, 6) is -0.175. The summed E-state index contributed by atoms with van der Waals surface area (Å²) in [5, 5.41) is 3.95. The van der Waals surface area contributed by atoms with Gasteiger partial charge in [0.05, 0.1) is 12.1 Å². The number of anilines is 1. The van der Waals surface area contributed by atoms with Gasteiger partial charge in [-0.05, 0) is 37.7 Å². The van der Waals surface area contributed by atoms with Crippen LogP contribution in [0.3, 0.4) is 0 Å². The summed E-state index contributed by atoms with van der Waals surface area (Å²) >= 11 is 0.